The van der Waals surface area contributed by atoms with Gasteiger partial charge in [0.15, 0.2) is 5.65 Å². The second-order valence-electron chi connectivity index (χ2n) is 5.35. The van der Waals surface area contributed by atoms with Crippen LogP contribution in [-0.4, -0.2) is 57.9 Å². The number of methoxy groups -OCH3 is 1. The van der Waals surface area contributed by atoms with Crippen LogP contribution in [0.3, 0.4) is 0 Å². The van der Waals surface area contributed by atoms with Crippen molar-refractivity contribution in [3.8, 4) is 5.75 Å². The number of nitrogens with one attached hydrogen (secondary N) is 1. The SMILES string of the molecule is COc1ccccc1[C@@H](CNc1ccc2nnnn2n1)N(C)C. The molecule has 8 heteroatoms. The van der Waals surface area contributed by atoms with Gasteiger partial charge in [0, 0.05) is 12.1 Å². The fraction of sp³-hybridized carbons (Fsp3) is 0.333. The van der Waals surface area contributed by atoms with Gasteiger partial charge in [-0.3, -0.25) is 0 Å². The molecule has 0 saturated heterocycles. The number of fused-ring (bicyclic) bond motifs is 1. The number of hydrogen-bond acceptors (Lipinski definition) is 7. The van der Waals surface area contributed by atoms with Crippen molar-refractivity contribution in [1.82, 2.24) is 30.2 Å². The molecule has 0 spiro atoms. The number of hydrogen-bond donors (Lipinski definition) is 1. The van der Waals surface area contributed by atoms with E-state index in [1.807, 2.05) is 44.4 Å². The van der Waals surface area contributed by atoms with Crippen molar-refractivity contribution in [3.63, 3.8) is 0 Å². The first-order chi connectivity index (χ1) is 11.2. The van der Waals surface area contributed by atoms with Crippen molar-refractivity contribution in [2.24, 2.45) is 0 Å². The summed E-state index contributed by atoms with van der Waals surface area (Å²) in [6.45, 7) is 0.675. The third kappa shape index (κ3) is 3.21. The zero-order valence-corrected chi connectivity index (χ0v) is 13.3. The molecule has 0 bridgehead atoms. The summed E-state index contributed by atoms with van der Waals surface area (Å²) in [5, 5.41) is 18.9. The van der Waals surface area contributed by atoms with Crippen LogP contribution in [-0.2, 0) is 0 Å². The fourth-order valence-electron chi connectivity index (χ4n) is 2.46. The van der Waals surface area contributed by atoms with Gasteiger partial charge in [0.05, 0.1) is 13.2 Å². The van der Waals surface area contributed by atoms with Crippen molar-refractivity contribution in [2.75, 3.05) is 33.1 Å². The zero-order valence-electron chi connectivity index (χ0n) is 13.3. The minimum Gasteiger partial charge on any atom is -0.496 e. The summed E-state index contributed by atoms with van der Waals surface area (Å²) in [6.07, 6.45) is 0. The van der Waals surface area contributed by atoms with E-state index >= 15 is 0 Å². The Labute approximate surface area is 134 Å². The minimum atomic E-state index is 0.137. The molecule has 3 aromatic rings. The van der Waals surface area contributed by atoms with E-state index in [9.17, 15) is 0 Å². The fourth-order valence-corrected chi connectivity index (χ4v) is 2.46. The third-order valence-electron chi connectivity index (χ3n) is 3.67. The lowest BCUT2D eigenvalue weighted by atomic mass is 10.0. The van der Waals surface area contributed by atoms with E-state index in [4.69, 9.17) is 4.74 Å². The summed E-state index contributed by atoms with van der Waals surface area (Å²) in [5.74, 6) is 1.59. The minimum absolute atomic E-state index is 0.137. The number of para-hydroxylation sites is 1. The molecule has 1 N–H and O–H groups in total. The molecule has 3 rings (SSSR count). The normalized spacial score (nSPS) is 12.5. The molecule has 0 radical (unpaired) electrons. The molecule has 0 aliphatic rings. The van der Waals surface area contributed by atoms with Crippen LogP contribution in [0, 0.1) is 0 Å². The van der Waals surface area contributed by atoms with Crippen LogP contribution in [0.25, 0.3) is 5.65 Å². The number of likely N-dealkylation sites (N-methyl/N-ethyl adjacent to an activating group) is 1. The molecule has 1 aromatic carbocycles. The summed E-state index contributed by atoms with van der Waals surface area (Å²) in [4.78, 5) is 2.14. The number of aromatic nitrogens is 5. The Morgan fingerprint density at radius 1 is 1.22 bits per heavy atom. The number of benzene rings is 1. The Kier molecular flexibility index (Phi) is 4.33. The molecule has 0 amide bonds. The topological polar surface area (TPSA) is 80.5 Å². The average molecular weight is 313 g/mol. The van der Waals surface area contributed by atoms with Crippen LogP contribution < -0.4 is 10.1 Å². The first-order valence-electron chi connectivity index (χ1n) is 7.27. The highest BCUT2D eigenvalue weighted by Crippen LogP contribution is 2.28. The third-order valence-corrected chi connectivity index (χ3v) is 3.67. The summed E-state index contributed by atoms with van der Waals surface area (Å²) < 4.78 is 6.87. The van der Waals surface area contributed by atoms with E-state index in [2.05, 4.69) is 36.9 Å². The molecule has 0 unspecified atom stereocenters. The van der Waals surface area contributed by atoms with E-state index in [0.29, 0.717) is 18.0 Å². The van der Waals surface area contributed by atoms with Crippen molar-refractivity contribution in [2.45, 2.75) is 6.04 Å². The standard InChI is InChI=1S/C15H19N7O/c1-21(2)12(11-6-4-5-7-13(11)23-3)10-16-14-8-9-15-17-19-20-22(15)18-14/h4-9,12H,10H2,1-3H3,(H,16,18)/t12-/m1/s1. The Balaban J connectivity index is 1.79. The smallest absolute Gasteiger partial charge is 0.200 e. The lowest BCUT2D eigenvalue weighted by molar-refractivity contribution is 0.300. The molecule has 120 valence electrons. The van der Waals surface area contributed by atoms with Gasteiger partial charge in [0.2, 0.25) is 0 Å². The zero-order chi connectivity index (χ0) is 16.2. The molecule has 2 aromatic heterocycles. The van der Waals surface area contributed by atoms with Crippen LogP contribution in [0.15, 0.2) is 36.4 Å². The number of tetrazole rings is 1. The molecular weight excluding hydrogens is 294 g/mol. The monoisotopic (exact) mass is 313 g/mol. The van der Waals surface area contributed by atoms with Crippen LogP contribution >= 0.6 is 0 Å². The molecular formula is C15H19N7O. The van der Waals surface area contributed by atoms with Gasteiger partial charge in [-0.25, -0.2) is 0 Å². The summed E-state index contributed by atoms with van der Waals surface area (Å²) in [6, 6.07) is 11.8. The maximum Gasteiger partial charge on any atom is 0.200 e. The molecule has 8 nitrogen and oxygen atoms in total. The molecule has 0 saturated carbocycles. The van der Waals surface area contributed by atoms with Crippen LogP contribution in [0.4, 0.5) is 5.82 Å². The first kappa shape index (κ1) is 15.2. The number of rotatable bonds is 6. The van der Waals surface area contributed by atoms with Crippen LogP contribution in [0.1, 0.15) is 11.6 Å². The highest BCUT2D eigenvalue weighted by molar-refractivity contribution is 5.43. The van der Waals surface area contributed by atoms with Crippen LogP contribution in [0.2, 0.25) is 0 Å². The summed E-state index contributed by atoms with van der Waals surface area (Å²) in [7, 11) is 5.76. The van der Waals surface area contributed by atoms with Crippen molar-refractivity contribution in [3.05, 3.63) is 42.0 Å². The molecule has 0 aliphatic heterocycles. The van der Waals surface area contributed by atoms with Gasteiger partial charge in [-0.05, 0) is 42.7 Å². The second-order valence-corrected chi connectivity index (χ2v) is 5.35. The number of anilines is 1. The van der Waals surface area contributed by atoms with Gasteiger partial charge < -0.3 is 15.0 Å². The molecule has 0 aliphatic carbocycles. The van der Waals surface area contributed by atoms with Crippen molar-refractivity contribution in [1.29, 1.82) is 0 Å². The van der Waals surface area contributed by atoms with Gasteiger partial charge in [-0.15, -0.1) is 14.8 Å². The van der Waals surface area contributed by atoms with Gasteiger partial charge in [-0.1, -0.05) is 18.2 Å². The maximum atomic E-state index is 5.48. The highest BCUT2D eigenvalue weighted by atomic mass is 16.5. The van der Waals surface area contributed by atoms with E-state index in [-0.39, 0.29) is 6.04 Å². The van der Waals surface area contributed by atoms with E-state index in [1.54, 1.807) is 7.11 Å². The number of ether oxygens (including phenoxy) is 1. The summed E-state index contributed by atoms with van der Waals surface area (Å²) >= 11 is 0. The Bertz CT molecular complexity index is 786. The molecule has 1 atom stereocenters. The van der Waals surface area contributed by atoms with E-state index in [1.165, 1.54) is 4.63 Å². The Morgan fingerprint density at radius 3 is 2.83 bits per heavy atom. The largest absolute Gasteiger partial charge is 0.496 e. The maximum absolute atomic E-state index is 5.48. The quantitative estimate of drug-likeness (QED) is 0.733. The van der Waals surface area contributed by atoms with E-state index < -0.39 is 0 Å². The Morgan fingerprint density at radius 2 is 2.04 bits per heavy atom. The molecule has 23 heavy (non-hydrogen) atoms. The first-order valence-corrected chi connectivity index (χ1v) is 7.27. The lowest BCUT2D eigenvalue weighted by Gasteiger charge is -2.26. The van der Waals surface area contributed by atoms with Gasteiger partial charge in [-0.2, -0.15) is 0 Å². The second kappa shape index (κ2) is 6.57. The Hall–Kier alpha value is -2.74. The molecule has 2 heterocycles. The average Bonchev–Trinajstić information content (AvgIpc) is 3.03. The van der Waals surface area contributed by atoms with Crippen LogP contribution in [0.5, 0.6) is 5.75 Å². The summed E-state index contributed by atoms with van der Waals surface area (Å²) in [5.41, 5.74) is 1.74. The van der Waals surface area contributed by atoms with Crippen molar-refractivity contribution >= 4 is 11.5 Å². The van der Waals surface area contributed by atoms with Gasteiger partial charge in [0.1, 0.15) is 11.6 Å². The predicted molar refractivity (Wildman–Crippen MR) is 86.5 cm³/mol. The van der Waals surface area contributed by atoms with Gasteiger partial charge in [0.25, 0.3) is 0 Å². The lowest BCUT2D eigenvalue weighted by Crippen LogP contribution is -2.27. The molecule has 0 fully saturated rings. The predicted octanol–water partition coefficient (Wildman–Crippen LogP) is 1.24. The van der Waals surface area contributed by atoms with E-state index in [0.717, 1.165) is 11.3 Å². The van der Waals surface area contributed by atoms with Crippen molar-refractivity contribution < 1.29 is 4.74 Å². The highest BCUT2D eigenvalue weighted by Gasteiger charge is 2.18. The number of nitrogens with zero attached hydrogens (tertiary/aromatic N) is 6. The van der Waals surface area contributed by atoms with Gasteiger partial charge >= 0.3 is 0 Å².